The van der Waals surface area contributed by atoms with Crippen molar-refractivity contribution in [2.75, 3.05) is 0 Å². The first-order valence-corrected chi connectivity index (χ1v) is 4.20. The zero-order valence-corrected chi connectivity index (χ0v) is 7.68. The van der Waals surface area contributed by atoms with Crippen molar-refractivity contribution in [1.29, 1.82) is 0 Å². The summed E-state index contributed by atoms with van der Waals surface area (Å²) in [5.41, 5.74) is -1.80. The van der Waals surface area contributed by atoms with Gasteiger partial charge in [-0.1, -0.05) is 0 Å². The number of hydrogen-bond acceptors (Lipinski definition) is 2. The Kier molecular flexibility index (Phi) is 2.11. The third-order valence-corrected chi connectivity index (χ3v) is 2.11. The number of imidazole rings is 1. The first-order valence-electron chi connectivity index (χ1n) is 4.20. The fraction of sp³-hybridized carbons (Fsp3) is 0.111. The molecule has 2 aromatic rings. The number of aromatic amines is 2. The molecule has 0 spiro atoms. The maximum Gasteiger partial charge on any atom is 0.416 e. The molecule has 0 unspecified atom stereocenters. The SMILES string of the molecule is O=Cc1cc(C(F)(F)F)cc2[nH]c(=O)[nH]c12. The number of H-pyrrole nitrogens is 2. The second-order valence-corrected chi connectivity index (χ2v) is 3.18. The van der Waals surface area contributed by atoms with Crippen LogP contribution in [0.1, 0.15) is 15.9 Å². The van der Waals surface area contributed by atoms with Crippen LogP contribution in [-0.2, 0) is 6.18 Å². The lowest BCUT2D eigenvalue weighted by atomic mass is 10.1. The molecule has 4 nitrogen and oxygen atoms in total. The molecule has 0 atom stereocenters. The largest absolute Gasteiger partial charge is 0.416 e. The van der Waals surface area contributed by atoms with Gasteiger partial charge in [-0.3, -0.25) is 4.79 Å². The molecule has 1 aromatic carbocycles. The average Bonchev–Trinajstić information content (AvgIpc) is 2.54. The monoisotopic (exact) mass is 230 g/mol. The van der Waals surface area contributed by atoms with E-state index in [1.54, 1.807) is 0 Å². The molecule has 1 heterocycles. The van der Waals surface area contributed by atoms with Crippen molar-refractivity contribution in [3.63, 3.8) is 0 Å². The van der Waals surface area contributed by atoms with E-state index < -0.39 is 17.4 Å². The molecule has 2 N–H and O–H groups in total. The molecule has 7 heteroatoms. The van der Waals surface area contributed by atoms with Crippen molar-refractivity contribution in [1.82, 2.24) is 9.97 Å². The zero-order valence-electron chi connectivity index (χ0n) is 7.68. The fourth-order valence-corrected chi connectivity index (χ4v) is 1.43. The van der Waals surface area contributed by atoms with Crippen LogP contribution in [-0.4, -0.2) is 16.3 Å². The summed E-state index contributed by atoms with van der Waals surface area (Å²) in [6, 6.07) is 1.47. The molecule has 0 radical (unpaired) electrons. The van der Waals surface area contributed by atoms with Gasteiger partial charge in [0.25, 0.3) is 0 Å². The molecule has 0 aliphatic carbocycles. The van der Waals surface area contributed by atoms with Crippen molar-refractivity contribution in [3.8, 4) is 0 Å². The van der Waals surface area contributed by atoms with E-state index in [0.29, 0.717) is 6.07 Å². The number of carbonyl (C=O) groups is 1. The molecule has 16 heavy (non-hydrogen) atoms. The highest BCUT2D eigenvalue weighted by molar-refractivity contribution is 5.94. The summed E-state index contributed by atoms with van der Waals surface area (Å²) in [5, 5.41) is 0. The summed E-state index contributed by atoms with van der Waals surface area (Å²) in [4.78, 5) is 25.9. The summed E-state index contributed by atoms with van der Waals surface area (Å²) in [5.74, 6) is 0. The molecular weight excluding hydrogens is 225 g/mol. The van der Waals surface area contributed by atoms with Crippen molar-refractivity contribution in [3.05, 3.63) is 33.7 Å². The number of aldehydes is 1. The highest BCUT2D eigenvalue weighted by Gasteiger charge is 2.31. The zero-order chi connectivity index (χ0) is 11.9. The summed E-state index contributed by atoms with van der Waals surface area (Å²) in [7, 11) is 0. The normalized spacial score (nSPS) is 11.9. The van der Waals surface area contributed by atoms with Gasteiger partial charge in [-0.2, -0.15) is 13.2 Å². The Balaban J connectivity index is 2.82. The molecule has 0 bridgehead atoms. The Labute approximate surface area is 86.1 Å². The van der Waals surface area contributed by atoms with Gasteiger partial charge >= 0.3 is 11.9 Å². The lowest BCUT2D eigenvalue weighted by Crippen LogP contribution is -2.05. The fourth-order valence-electron chi connectivity index (χ4n) is 1.43. The number of fused-ring (bicyclic) bond motifs is 1. The van der Waals surface area contributed by atoms with E-state index in [1.807, 2.05) is 0 Å². The van der Waals surface area contributed by atoms with Crippen LogP contribution in [0.2, 0.25) is 0 Å². The topological polar surface area (TPSA) is 65.7 Å². The summed E-state index contributed by atoms with van der Waals surface area (Å²) in [6.07, 6.45) is -4.29. The van der Waals surface area contributed by atoms with E-state index in [9.17, 15) is 22.8 Å². The lowest BCUT2D eigenvalue weighted by Gasteiger charge is -2.07. The molecule has 0 fully saturated rings. The van der Waals surface area contributed by atoms with Gasteiger partial charge in [0.1, 0.15) is 0 Å². The van der Waals surface area contributed by atoms with Crippen LogP contribution in [0.25, 0.3) is 11.0 Å². The van der Waals surface area contributed by atoms with E-state index in [2.05, 4.69) is 9.97 Å². The summed E-state index contributed by atoms with van der Waals surface area (Å²) in [6.45, 7) is 0. The maximum absolute atomic E-state index is 12.4. The Bertz CT molecular complexity index is 609. The minimum atomic E-state index is -4.56. The third kappa shape index (κ3) is 1.60. The summed E-state index contributed by atoms with van der Waals surface area (Å²) >= 11 is 0. The molecular formula is C9H5F3N2O2. The Hall–Kier alpha value is -2.05. The molecule has 0 aliphatic rings. The van der Waals surface area contributed by atoms with Gasteiger partial charge in [-0.15, -0.1) is 0 Å². The van der Waals surface area contributed by atoms with E-state index in [1.165, 1.54) is 0 Å². The Morgan fingerprint density at radius 3 is 2.44 bits per heavy atom. The third-order valence-electron chi connectivity index (χ3n) is 2.11. The van der Waals surface area contributed by atoms with E-state index in [0.717, 1.165) is 6.07 Å². The van der Waals surface area contributed by atoms with Crippen LogP contribution in [0.3, 0.4) is 0 Å². The standard InChI is InChI=1S/C9H5F3N2O2/c10-9(11,12)5-1-4(3-15)7-6(2-5)13-8(16)14-7/h1-3H,(H2,13,14,16). The van der Waals surface area contributed by atoms with Gasteiger partial charge in [0.05, 0.1) is 16.6 Å². The second kappa shape index (κ2) is 3.22. The first-order chi connectivity index (χ1) is 7.41. The number of carbonyl (C=O) groups excluding carboxylic acids is 1. The van der Waals surface area contributed by atoms with Crippen molar-refractivity contribution in [2.45, 2.75) is 6.18 Å². The minimum Gasteiger partial charge on any atom is -0.306 e. The Morgan fingerprint density at radius 1 is 1.19 bits per heavy atom. The van der Waals surface area contributed by atoms with Crippen molar-refractivity contribution < 1.29 is 18.0 Å². The van der Waals surface area contributed by atoms with Gasteiger partial charge in [-0.25, -0.2) is 4.79 Å². The molecule has 0 saturated heterocycles. The molecule has 2 rings (SSSR count). The van der Waals surface area contributed by atoms with Crippen molar-refractivity contribution in [2.24, 2.45) is 0 Å². The number of aromatic nitrogens is 2. The molecule has 84 valence electrons. The smallest absolute Gasteiger partial charge is 0.306 e. The van der Waals surface area contributed by atoms with Crippen LogP contribution in [0.4, 0.5) is 13.2 Å². The molecule has 0 saturated carbocycles. The van der Waals surface area contributed by atoms with Gasteiger partial charge in [0.15, 0.2) is 6.29 Å². The predicted molar refractivity (Wildman–Crippen MR) is 49.3 cm³/mol. The van der Waals surface area contributed by atoms with Crippen LogP contribution in [0, 0.1) is 0 Å². The first kappa shape index (κ1) is 10.5. The number of benzene rings is 1. The minimum absolute atomic E-state index is 0.0399. The number of rotatable bonds is 1. The van der Waals surface area contributed by atoms with Gasteiger partial charge < -0.3 is 9.97 Å². The number of nitrogens with one attached hydrogen (secondary N) is 2. The van der Waals surface area contributed by atoms with Gasteiger partial charge in [0.2, 0.25) is 0 Å². The van der Waals surface area contributed by atoms with E-state index >= 15 is 0 Å². The molecule has 1 aromatic heterocycles. The maximum atomic E-state index is 12.4. The Morgan fingerprint density at radius 2 is 1.88 bits per heavy atom. The van der Waals surface area contributed by atoms with Gasteiger partial charge in [0, 0.05) is 5.56 Å². The predicted octanol–water partition coefficient (Wildman–Crippen LogP) is 1.69. The number of halogens is 3. The number of hydrogen-bond donors (Lipinski definition) is 2. The second-order valence-electron chi connectivity index (χ2n) is 3.18. The molecule has 0 aliphatic heterocycles. The average molecular weight is 230 g/mol. The van der Waals surface area contributed by atoms with E-state index in [-0.39, 0.29) is 22.9 Å². The van der Waals surface area contributed by atoms with Crippen LogP contribution in [0.15, 0.2) is 16.9 Å². The van der Waals surface area contributed by atoms with Crippen LogP contribution < -0.4 is 5.69 Å². The highest BCUT2D eigenvalue weighted by atomic mass is 19.4. The van der Waals surface area contributed by atoms with E-state index in [4.69, 9.17) is 0 Å². The van der Waals surface area contributed by atoms with Crippen molar-refractivity contribution >= 4 is 17.3 Å². The quantitative estimate of drug-likeness (QED) is 0.732. The lowest BCUT2D eigenvalue weighted by molar-refractivity contribution is -0.137. The highest BCUT2D eigenvalue weighted by Crippen LogP contribution is 2.31. The summed E-state index contributed by atoms with van der Waals surface area (Å²) < 4.78 is 37.3. The van der Waals surface area contributed by atoms with Crippen LogP contribution in [0.5, 0.6) is 0 Å². The molecule has 0 amide bonds. The van der Waals surface area contributed by atoms with Crippen LogP contribution >= 0.6 is 0 Å². The number of alkyl halides is 3. The van der Waals surface area contributed by atoms with Gasteiger partial charge in [-0.05, 0) is 12.1 Å².